The number of hydrogen-bond acceptors (Lipinski definition) is 3. The van der Waals surface area contributed by atoms with E-state index >= 15 is 0 Å². The third-order valence-corrected chi connectivity index (χ3v) is 2.24. The summed E-state index contributed by atoms with van der Waals surface area (Å²) in [6.45, 7) is 5.51. The number of rotatable bonds is 4. The minimum Gasteiger partial charge on any atom is -0.485 e. The van der Waals surface area contributed by atoms with Crippen molar-refractivity contribution in [1.29, 1.82) is 0 Å². The Bertz CT molecular complexity index is 388. The molecule has 1 aromatic rings. The highest BCUT2D eigenvalue weighted by molar-refractivity contribution is 5.85. The largest absolute Gasteiger partial charge is 0.485 e. The van der Waals surface area contributed by atoms with Crippen LogP contribution in [-0.4, -0.2) is 18.7 Å². The first-order valence-electron chi connectivity index (χ1n) is 5.15. The smallest absolute Gasteiger partial charge is 0.175 e. The molecule has 0 N–H and O–H groups in total. The quantitative estimate of drug-likeness (QED) is 0.732. The molecule has 0 aromatic heterocycles. The van der Waals surface area contributed by atoms with Gasteiger partial charge in [-0.05, 0) is 12.1 Å². The van der Waals surface area contributed by atoms with Crippen LogP contribution in [0, 0.1) is 5.41 Å². The van der Waals surface area contributed by atoms with Crippen LogP contribution in [0.3, 0.4) is 0 Å². The lowest BCUT2D eigenvalue weighted by atomic mass is 9.91. The second kappa shape index (κ2) is 4.92. The number of ether oxygens (including phenoxy) is 1. The van der Waals surface area contributed by atoms with Crippen LogP contribution in [-0.2, 0) is 4.79 Å². The summed E-state index contributed by atoms with van der Waals surface area (Å²) in [7, 11) is 0. The molecule has 1 rings (SSSR count). The van der Waals surface area contributed by atoms with Gasteiger partial charge in [0, 0.05) is 5.41 Å². The van der Waals surface area contributed by atoms with Crippen LogP contribution in [0.25, 0.3) is 0 Å². The van der Waals surface area contributed by atoms with Gasteiger partial charge in [0.05, 0.1) is 5.56 Å². The molecule has 1 aromatic carbocycles. The van der Waals surface area contributed by atoms with Crippen molar-refractivity contribution in [3.63, 3.8) is 0 Å². The maximum Gasteiger partial charge on any atom is 0.175 e. The van der Waals surface area contributed by atoms with Crippen molar-refractivity contribution >= 4 is 12.1 Å². The molecule has 0 spiro atoms. The predicted octanol–water partition coefficient (Wildman–Crippen LogP) is 2.49. The molecule has 0 amide bonds. The van der Waals surface area contributed by atoms with E-state index in [0.717, 1.165) is 6.29 Å². The topological polar surface area (TPSA) is 43.4 Å². The van der Waals surface area contributed by atoms with Crippen molar-refractivity contribution in [2.75, 3.05) is 6.61 Å². The molecule has 3 nitrogen and oxygen atoms in total. The molecular weight excluding hydrogens is 204 g/mol. The van der Waals surface area contributed by atoms with Crippen LogP contribution in [0.1, 0.15) is 31.1 Å². The van der Waals surface area contributed by atoms with E-state index in [2.05, 4.69) is 0 Å². The summed E-state index contributed by atoms with van der Waals surface area (Å²) in [4.78, 5) is 22.3. The van der Waals surface area contributed by atoms with Crippen LogP contribution < -0.4 is 4.74 Å². The lowest BCUT2D eigenvalue weighted by Crippen LogP contribution is -2.26. The molecule has 3 heteroatoms. The van der Waals surface area contributed by atoms with Gasteiger partial charge >= 0.3 is 0 Å². The van der Waals surface area contributed by atoms with Crippen molar-refractivity contribution in [2.45, 2.75) is 20.8 Å². The first-order valence-corrected chi connectivity index (χ1v) is 5.15. The molecule has 0 saturated heterocycles. The maximum absolute atomic E-state index is 11.6. The Morgan fingerprint density at radius 1 is 1.31 bits per heavy atom. The van der Waals surface area contributed by atoms with Gasteiger partial charge in [-0.25, -0.2) is 0 Å². The van der Waals surface area contributed by atoms with E-state index in [1.165, 1.54) is 0 Å². The summed E-state index contributed by atoms with van der Waals surface area (Å²) in [6, 6.07) is 6.86. The molecule has 16 heavy (non-hydrogen) atoms. The fourth-order valence-electron chi connectivity index (χ4n) is 1.07. The van der Waals surface area contributed by atoms with Gasteiger partial charge in [-0.2, -0.15) is 0 Å². The second-order valence-electron chi connectivity index (χ2n) is 4.62. The zero-order chi connectivity index (χ0) is 12.2. The Hall–Kier alpha value is -1.64. The Labute approximate surface area is 95.4 Å². The molecule has 0 aliphatic carbocycles. The van der Waals surface area contributed by atoms with Gasteiger partial charge in [-0.1, -0.05) is 32.9 Å². The van der Waals surface area contributed by atoms with Crippen LogP contribution in [0.5, 0.6) is 5.75 Å². The fourth-order valence-corrected chi connectivity index (χ4v) is 1.07. The number of aldehydes is 1. The monoisotopic (exact) mass is 220 g/mol. The zero-order valence-corrected chi connectivity index (χ0v) is 9.82. The third-order valence-electron chi connectivity index (χ3n) is 2.24. The minimum atomic E-state index is -0.421. The number of ketones is 1. The molecule has 0 bridgehead atoms. The predicted molar refractivity (Wildman–Crippen MR) is 61.8 cm³/mol. The average Bonchev–Trinajstić information content (AvgIpc) is 2.24. The molecule has 0 saturated carbocycles. The summed E-state index contributed by atoms with van der Waals surface area (Å²) >= 11 is 0. The van der Waals surface area contributed by atoms with Crippen molar-refractivity contribution in [2.24, 2.45) is 5.41 Å². The van der Waals surface area contributed by atoms with Gasteiger partial charge in [-0.3, -0.25) is 9.59 Å². The Balaban J connectivity index is 2.68. The number of Topliss-reactive ketones (excluding diaryl/α,β-unsaturated/α-hetero) is 1. The van der Waals surface area contributed by atoms with E-state index in [9.17, 15) is 9.59 Å². The van der Waals surface area contributed by atoms with Crippen molar-refractivity contribution in [3.05, 3.63) is 29.8 Å². The van der Waals surface area contributed by atoms with Gasteiger partial charge in [0.25, 0.3) is 0 Å². The molecule has 0 fully saturated rings. The molecule has 0 heterocycles. The summed E-state index contributed by atoms with van der Waals surface area (Å²) in [6.07, 6.45) is 0.719. The molecular formula is C13H16O3. The van der Waals surface area contributed by atoms with Crippen LogP contribution in [0.2, 0.25) is 0 Å². The summed E-state index contributed by atoms with van der Waals surface area (Å²) in [5, 5.41) is 0. The summed E-state index contributed by atoms with van der Waals surface area (Å²) in [5.41, 5.74) is 0.0417. The molecule has 0 aliphatic rings. The van der Waals surface area contributed by atoms with Crippen LogP contribution in [0.4, 0.5) is 0 Å². The number of carbonyl (C=O) groups excluding carboxylic acids is 2. The van der Waals surface area contributed by atoms with E-state index < -0.39 is 5.41 Å². The van der Waals surface area contributed by atoms with Gasteiger partial charge in [-0.15, -0.1) is 0 Å². The van der Waals surface area contributed by atoms with E-state index in [1.54, 1.807) is 24.3 Å². The number of hydrogen-bond donors (Lipinski definition) is 0. The highest BCUT2D eigenvalue weighted by Gasteiger charge is 2.21. The lowest BCUT2D eigenvalue weighted by Gasteiger charge is -2.17. The second-order valence-corrected chi connectivity index (χ2v) is 4.62. The molecule has 0 radical (unpaired) electrons. The Kier molecular flexibility index (Phi) is 3.82. The summed E-state index contributed by atoms with van der Waals surface area (Å²) < 4.78 is 5.34. The van der Waals surface area contributed by atoms with Crippen LogP contribution >= 0.6 is 0 Å². The first-order chi connectivity index (χ1) is 7.45. The maximum atomic E-state index is 11.6. The van der Waals surface area contributed by atoms with E-state index in [0.29, 0.717) is 11.3 Å². The van der Waals surface area contributed by atoms with Crippen molar-refractivity contribution in [1.82, 2.24) is 0 Å². The SMILES string of the molecule is CC(C)(C)C(=O)COc1ccccc1C=O. The van der Waals surface area contributed by atoms with Crippen molar-refractivity contribution in [3.8, 4) is 5.75 Å². The molecule has 86 valence electrons. The highest BCUT2D eigenvalue weighted by atomic mass is 16.5. The first kappa shape index (κ1) is 12.4. The van der Waals surface area contributed by atoms with Gasteiger partial charge in [0.15, 0.2) is 12.1 Å². The van der Waals surface area contributed by atoms with E-state index in [1.807, 2.05) is 20.8 Å². The van der Waals surface area contributed by atoms with Gasteiger partial charge in [0.2, 0.25) is 0 Å². The zero-order valence-electron chi connectivity index (χ0n) is 9.82. The lowest BCUT2D eigenvalue weighted by molar-refractivity contribution is -0.128. The van der Waals surface area contributed by atoms with E-state index in [4.69, 9.17) is 4.74 Å². The van der Waals surface area contributed by atoms with Gasteiger partial charge in [0.1, 0.15) is 12.4 Å². The van der Waals surface area contributed by atoms with Crippen molar-refractivity contribution < 1.29 is 14.3 Å². The normalized spacial score (nSPS) is 10.9. The molecule has 0 atom stereocenters. The highest BCUT2D eigenvalue weighted by Crippen LogP contribution is 2.18. The van der Waals surface area contributed by atoms with E-state index in [-0.39, 0.29) is 12.4 Å². The standard InChI is InChI=1S/C13H16O3/c1-13(2,3)12(15)9-16-11-7-5-4-6-10(11)8-14/h4-8H,9H2,1-3H3. The number of para-hydroxylation sites is 1. The number of carbonyl (C=O) groups is 2. The summed E-state index contributed by atoms with van der Waals surface area (Å²) in [5.74, 6) is 0.461. The van der Waals surface area contributed by atoms with Crippen LogP contribution in [0.15, 0.2) is 24.3 Å². The van der Waals surface area contributed by atoms with Gasteiger partial charge < -0.3 is 4.74 Å². The minimum absolute atomic E-state index is 0.00560. The average molecular weight is 220 g/mol. The molecule has 0 aliphatic heterocycles. The Morgan fingerprint density at radius 2 is 1.94 bits per heavy atom. The Morgan fingerprint density at radius 3 is 2.50 bits per heavy atom. The number of benzene rings is 1. The fraction of sp³-hybridized carbons (Fsp3) is 0.385. The molecule has 0 unspecified atom stereocenters. The third kappa shape index (κ3) is 3.19.